The lowest BCUT2D eigenvalue weighted by Crippen LogP contribution is -2.32. The molecule has 0 saturated heterocycles. The highest BCUT2D eigenvalue weighted by molar-refractivity contribution is 7.89. The Labute approximate surface area is 115 Å². The highest BCUT2D eigenvalue weighted by atomic mass is 32.2. The summed E-state index contributed by atoms with van der Waals surface area (Å²) in [5, 5.41) is 3.32. The predicted octanol–water partition coefficient (Wildman–Crippen LogP) is 2.51. The predicted molar refractivity (Wildman–Crippen MR) is 77.9 cm³/mol. The van der Waals surface area contributed by atoms with Crippen LogP contribution in [0.25, 0.3) is 0 Å². The lowest BCUT2D eigenvalue weighted by atomic mass is 10.1. The second-order valence-corrected chi connectivity index (χ2v) is 7.09. The van der Waals surface area contributed by atoms with Gasteiger partial charge in [0.2, 0.25) is 10.0 Å². The second-order valence-electron chi connectivity index (χ2n) is 5.38. The molecule has 0 radical (unpaired) electrons. The molecule has 0 bridgehead atoms. The Morgan fingerprint density at radius 1 is 1.47 bits per heavy atom. The maximum Gasteiger partial charge on any atom is 0.240 e. The van der Waals surface area contributed by atoms with Crippen molar-refractivity contribution in [3.63, 3.8) is 0 Å². The monoisotopic (exact) mass is 282 g/mol. The Morgan fingerprint density at radius 2 is 2.21 bits per heavy atom. The van der Waals surface area contributed by atoms with Gasteiger partial charge in [-0.05, 0) is 50.5 Å². The largest absolute Gasteiger partial charge is 0.382 e. The Bertz CT molecular complexity index is 555. The molecule has 0 unspecified atom stereocenters. The Kier molecular flexibility index (Phi) is 4.16. The average molecular weight is 282 g/mol. The number of hydrogen-bond donors (Lipinski definition) is 2. The van der Waals surface area contributed by atoms with E-state index in [4.69, 9.17) is 0 Å². The minimum atomic E-state index is -3.40. The van der Waals surface area contributed by atoms with E-state index in [2.05, 4.69) is 17.0 Å². The molecule has 0 aliphatic carbocycles. The Morgan fingerprint density at radius 3 is 2.89 bits per heavy atom. The van der Waals surface area contributed by atoms with E-state index < -0.39 is 10.0 Å². The summed E-state index contributed by atoms with van der Waals surface area (Å²) < 4.78 is 27.3. The fourth-order valence-electron chi connectivity index (χ4n) is 2.52. The smallest absolute Gasteiger partial charge is 0.240 e. The Balaban J connectivity index is 2.20. The molecule has 2 atom stereocenters. The molecular formula is C14H22N2O2S. The van der Waals surface area contributed by atoms with Crippen LogP contribution >= 0.6 is 0 Å². The van der Waals surface area contributed by atoms with Crippen molar-refractivity contribution in [2.45, 2.75) is 57.0 Å². The van der Waals surface area contributed by atoms with Gasteiger partial charge in [0.1, 0.15) is 0 Å². The molecule has 106 valence electrons. The van der Waals surface area contributed by atoms with Crippen LogP contribution in [0, 0.1) is 0 Å². The standard InChI is InChI=1S/C14H22N2O2S/c1-4-5-10(2)16-19(17,18)13-6-7-14-12(9-13)8-11(3)15-14/h6-7,9-11,15-16H,4-5,8H2,1-3H3/t10-,11-/m0/s1. The van der Waals surface area contributed by atoms with E-state index >= 15 is 0 Å². The van der Waals surface area contributed by atoms with Crippen molar-refractivity contribution in [2.75, 3.05) is 5.32 Å². The van der Waals surface area contributed by atoms with Gasteiger partial charge in [0, 0.05) is 17.8 Å². The maximum atomic E-state index is 12.3. The van der Waals surface area contributed by atoms with Gasteiger partial charge < -0.3 is 5.32 Å². The quantitative estimate of drug-likeness (QED) is 0.872. The van der Waals surface area contributed by atoms with Gasteiger partial charge in [-0.1, -0.05) is 13.3 Å². The van der Waals surface area contributed by atoms with Crippen LogP contribution in [-0.2, 0) is 16.4 Å². The van der Waals surface area contributed by atoms with Crippen molar-refractivity contribution in [1.82, 2.24) is 4.72 Å². The third-order valence-corrected chi connectivity index (χ3v) is 4.98. The van der Waals surface area contributed by atoms with Gasteiger partial charge in [0.05, 0.1) is 4.90 Å². The normalized spacial score (nSPS) is 19.8. The molecule has 0 spiro atoms. The van der Waals surface area contributed by atoms with Crippen molar-refractivity contribution < 1.29 is 8.42 Å². The number of anilines is 1. The molecule has 1 aliphatic rings. The van der Waals surface area contributed by atoms with Crippen LogP contribution in [0.3, 0.4) is 0 Å². The number of fused-ring (bicyclic) bond motifs is 1. The number of benzene rings is 1. The van der Waals surface area contributed by atoms with Gasteiger partial charge in [-0.15, -0.1) is 0 Å². The summed E-state index contributed by atoms with van der Waals surface area (Å²) in [6.45, 7) is 6.04. The van der Waals surface area contributed by atoms with Crippen LogP contribution < -0.4 is 10.0 Å². The van der Waals surface area contributed by atoms with E-state index in [1.807, 2.05) is 19.9 Å². The van der Waals surface area contributed by atoms with Crippen molar-refractivity contribution in [3.05, 3.63) is 23.8 Å². The van der Waals surface area contributed by atoms with Crippen molar-refractivity contribution >= 4 is 15.7 Å². The van der Waals surface area contributed by atoms with Gasteiger partial charge in [0.15, 0.2) is 0 Å². The van der Waals surface area contributed by atoms with E-state index in [0.717, 1.165) is 30.5 Å². The molecule has 0 fully saturated rings. The van der Waals surface area contributed by atoms with Crippen LogP contribution in [0.2, 0.25) is 0 Å². The molecule has 0 amide bonds. The van der Waals surface area contributed by atoms with Gasteiger partial charge in [0.25, 0.3) is 0 Å². The van der Waals surface area contributed by atoms with E-state index in [0.29, 0.717) is 10.9 Å². The molecule has 1 heterocycles. The minimum absolute atomic E-state index is 0.0275. The fourth-order valence-corrected chi connectivity index (χ4v) is 3.85. The van der Waals surface area contributed by atoms with E-state index in [1.54, 1.807) is 12.1 Å². The number of sulfonamides is 1. The van der Waals surface area contributed by atoms with Crippen molar-refractivity contribution in [1.29, 1.82) is 0 Å². The van der Waals surface area contributed by atoms with E-state index in [-0.39, 0.29) is 6.04 Å². The third-order valence-electron chi connectivity index (χ3n) is 3.39. The van der Waals surface area contributed by atoms with Crippen LogP contribution in [0.5, 0.6) is 0 Å². The van der Waals surface area contributed by atoms with Crippen LogP contribution in [-0.4, -0.2) is 20.5 Å². The van der Waals surface area contributed by atoms with Crippen LogP contribution in [0.4, 0.5) is 5.69 Å². The first-order valence-electron chi connectivity index (χ1n) is 6.84. The number of nitrogens with one attached hydrogen (secondary N) is 2. The second kappa shape index (κ2) is 5.51. The molecule has 2 rings (SSSR count). The lowest BCUT2D eigenvalue weighted by Gasteiger charge is -2.13. The summed E-state index contributed by atoms with van der Waals surface area (Å²) in [6.07, 6.45) is 2.70. The van der Waals surface area contributed by atoms with Gasteiger partial charge in [-0.2, -0.15) is 0 Å². The summed E-state index contributed by atoms with van der Waals surface area (Å²) in [6, 6.07) is 5.66. The maximum absolute atomic E-state index is 12.3. The number of rotatable bonds is 5. The van der Waals surface area contributed by atoms with Gasteiger partial charge in [-0.3, -0.25) is 0 Å². The zero-order valence-electron chi connectivity index (χ0n) is 11.7. The summed E-state index contributed by atoms with van der Waals surface area (Å²) in [5.74, 6) is 0. The summed E-state index contributed by atoms with van der Waals surface area (Å²) in [4.78, 5) is 0.366. The molecule has 19 heavy (non-hydrogen) atoms. The van der Waals surface area contributed by atoms with E-state index in [1.165, 1.54) is 0 Å². The topological polar surface area (TPSA) is 58.2 Å². The molecular weight excluding hydrogens is 260 g/mol. The molecule has 2 N–H and O–H groups in total. The van der Waals surface area contributed by atoms with Gasteiger partial charge >= 0.3 is 0 Å². The van der Waals surface area contributed by atoms with Crippen LogP contribution in [0.1, 0.15) is 39.2 Å². The molecule has 4 nitrogen and oxygen atoms in total. The summed E-state index contributed by atoms with van der Waals surface area (Å²) in [5.41, 5.74) is 2.13. The minimum Gasteiger partial charge on any atom is -0.382 e. The van der Waals surface area contributed by atoms with Crippen molar-refractivity contribution in [3.8, 4) is 0 Å². The first-order valence-corrected chi connectivity index (χ1v) is 8.32. The summed E-state index contributed by atoms with van der Waals surface area (Å²) in [7, 11) is -3.40. The molecule has 0 aromatic heterocycles. The molecule has 1 aromatic carbocycles. The molecule has 1 aromatic rings. The first-order chi connectivity index (χ1) is 8.92. The lowest BCUT2D eigenvalue weighted by molar-refractivity contribution is 0.544. The Hall–Kier alpha value is -1.07. The van der Waals surface area contributed by atoms with E-state index in [9.17, 15) is 8.42 Å². The first kappa shape index (κ1) is 14.3. The highest BCUT2D eigenvalue weighted by Crippen LogP contribution is 2.28. The SMILES string of the molecule is CCC[C@H](C)NS(=O)(=O)c1ccc2c(c1)C[C@H](C)N2. The average Bonchev–Trinajstić information content (AvgIpc) is 2.67. The van der Waals surface area contributed by atoms with Gasteiger partial charge in [-0.25, -0.2) is 13.1 Å². The zero-order chi connectivity index (χ0) is 14.0. The molecule has 5 heteroatoms. The highest BCUT2D eigenvalue weighted by Gasteiger charge is 2.22. The number of hydrogen-bond acceptors (Lipinski definition) is 3. The molecule has 1 aliphatic heterocycles. The van der Waals surface area contributed by atoms with Crippen molar-refractivity contribution in [2.24, 2.45) is 0 Å². The summed E-state index contributed by atoms with van der Waals surface area (Å²) >= 11 is 0. The fraction of sp³-hybridized carbons (Fsp3) is 0.571. The third kappa shape index (κ3) is 3.28. The zero-order valence-corrected chi connectivity index (χ0v) is 12.5. The van der Waals surface area contributed by atoms with Crippen LogP contribution in [0.15, 0.2) is 23.1 Å². The molecule has 0 saturated carbocycles.